The number of carbonyl (C=O) groups excluding carboxylic acids is 2. The zero-order valence-electron chi connectivity index (χ0n) is 13.2. The Kier molecular flexibility index (Phi) is 4.60. The molecular formula is C17H15N3O5. The average Bonchev–Trinajstić information content (AvgIpc) is 2.61. The highest BCUT2D eigenvalue weighted by atomic mass is 16.6. The molecule has 0 radical (unpaired) electrons. The highest BCUT2D eigenvalue weighted by Gasteiger charge is 2.26. The van der Waals surface area contributed by atoms with Crippen molar-refractivity contribution >= 4 is 28.9 Å². The molecule has 2 aromatic carbocycles. The van der Waals surface area contributed by atoms with Crippen molar-refractivity contribution in [3.05, 3.63) is 58.6 Å². The number of non-ortho nitro benzene ring substituents is 1. The second kappa shape index (κ2) is 7.00. The van der Waals surface area contributed by atoms with Crippen LogP contribution in [0.3, 0.4) is 0 Å². The molecule has 1 aliphatic rings. The normalized spacial score (nSPS) is 13.0. The Morgan fingerprint density at radius 2 is 1.92 bits per heavy atom. The molecule has 0 saturated heterocycles. The molecule has 8 heteroatoms. The number of nitrogens with zero attached hydrogens (tertiary/aromatic N) is 2. The van der Waals surface area contributed by atoms with Gasteiger partial charge in [-0.25, -0.2) is 0 Å². The third kappa shape index (κ3) is 3.74. The number of nitrogens with one attached hydrogen (secondary N) is 1. The fourth-order valence-electron chi connectivity index (χ4n) is 2.51. The summed E-state index contributed by atoms with van der Waals surface area (Å²) in [6.45, 7) is 0.0737. The minimum Gasteiger partial charge on any atom is -0.493 e. The summed E-state index contributed by atoms with van der Waals surface area (Å²) in [5, 5.41) is 13.3. The lowest BCUT2D eigenvalue weighted by Gasteiger charge is -2.29. The summed E-state index contributed by atoms with van der Waals surface area (Å²) in [4.78, 5) is 35.7. The van der Waals surface area contributed by atoms with Gasteiger partial charge in [0.25, 0.3) is 5.69 Å². The van der Waals surface area contributed by atoms with Crippen molar-refractivity contribution in [3.8, 4) is 5.75 Å². The van der Waals surface area contributed by atoms with Gasteiger partial charge in [0.2, 0.25) is 11.8 Å². The molecule has 25 heavy (non-hydrogen) atoms. The molecule has 0 aliphatic carbocycles. The first-order chi connectivity index (χ1) is 12.0. The molecule has 8 nitrogen and oxygen atoms in total. The van der Waals surface area contributed by atoms with Gasteiger partial charge in [0, 0.05) is 12.1 Å². The molecule has 0 aromatic heterocycles. The van der Waals surface area contributed by atoms with Crippen molar-refractivity contribution in [1.82, 2.24) is 0 Å². The maximum atomic E-state index is 12.4. The Bertz CT molecular complexity index is 819. The van der Waals surface area contributed by atoms with Gasteiger partial charge in [-0.1, -0.05) is 12.1 Å². The zero-order valence-corrected chi connectivity index (χ0v) is 13.2. The van der Waals surface area contributed by atoms with Crippen LogP contribution in [0.15, 0.2) is 48.5 Å². The summed E-state index contributed by atoms with van der Waals surface area (Å²) in [5.41, 5.74) is 1.23. The van der Waals surface area contributed by atoms with Gasteiger partial charge >= 0.3 is 0 Å². The smallest absolute Gasteiger partial charge is 0.269 e. The third-order valence-corrected chi connectivity index (χ3v) is 3.70. The molecule has 0 unspecified atom stereocenters. The number of amides is 2. The van der Waals surface area contributed by atoms with Crippen LogP contribution in [0.4, 0.5) is 17.1 Å². The summed E-state index contributed by atoms with van der Waals surface area (Å²) < 4.78 is 5.45. The number of nitro groups is 1. The van der Waals surface area contributed by atoms with E-state index >= 15 is 0 Å². The van der Waals surface area contributed by atoms with Gasteiger partial charge in [-0.15, -0.1) is 0 Å². The van der Waals surface area contributed by atoms with Crippen LogP contribution in [0.1, 0.15) is 6.42 Å². The number of anilines is 2. The van der Waals surface area contributed by atoms with E-state index in [4.69, 9.17) is 4.74 Å². The minimum atomic E-state index is -0.494. The Balaban J connectivity index is 1.59. The fraction of sp³-hybridized carbons (Fsp3) is 0.176. The maximum absolute atomic E-state index is 12.4. The Morgan fingerprint density at radius 1 is 1.20 bits per heavy atom. The van der Waals surface area contributed by atoms with Crippen molar-refractivity contribution in [3.63, 3.8) is 0 Å². The zero-order chi connectivity index (χ0) is 17.8. The van der Waals surface area contributed by atoms with Crippen molar-refractivity contribution < 1.29 is 19.2 Å². The molecule has 0 saturated carbocycles. The van der Waals surface area contributed by atoms with E-state index in [0.29, 0.717) is 17.1 Å². The van der Waals surface area contributed by atoms with Crippen LogP contribution in [-0.2, 0) is 9.59 Å². The van der Waals surface area contributed by atoms with E-state index in [9.17, 15) is 19.7 Å². The number of ether oxygens (including phenoxy) is 1. The number of fused-ring (bicyclic) bond motifs is 1. The molecular weight excluding hydrogens is 326 g/mol. The van der Waals surface area contributed by atoms with Crippen molar-refractivity contribution in [2.45, 2.75) is 6.42 Å². The third-order valence-electron chi connectivity index (χ3n) is 3.70. The van der Waals surface area contributed by atoms with Crippen LogP contribution in [0.25, 0.3) is 0 Å². The number of hydrogen-bond donors (Lipinski definition) is 1. The number of carbonyl (C=O) groups is 2. The van der Waals surface area contributed by atoms with E-state index in [1.165, 1.54) is 29.2 Å². The Hall–Kier alpha value is -3.42. The lowest BCUT2D eigenvalue weighted by Crippen LogP contribution is -2.42. The maximum Gasteiger partial charge on any atom is 0.269 e. The topological polar surface area (TPSA) is 102 Å². The number of rotatable bonds is 5. The summed E-state index contributed by atoms with van der Waals surface area (Å²) >= 11 is 0. The molecule has 2 amide bonds. The predicted octanol–water partition coefficient (Wildman–Crippen LogP) is 2.35. The van der Waals surface area contributed by atoms with Crippen molar-refractivity contribution in [2.75, 3.05) is 23.4 Å². The number of hydrogen-bond acceptors (Lipinski definition) is 5. The molecule has 2 aromatic rings. The average molecular weight is 341 g/mol. The van der Waals surface area contributed by atoms with Gasteiger partial charge in [0.15, 0.2) is 0 Å². The van der Waals surface area contributed by atoms with E-state index in [1.807, 2.05) is 0 Å². The first kappa shape index (κ1) is 16.4. The minimum absolute atomic E-state index is 0.0284. The predicted molar refractivity (Wildman–Crippen MR) is 90.6 cm³/mol. The molecule has 1 N–H and O–H groups in total. The Labute approximate surface area is 143 Å². The van der Waals surface area contributed by atoms with Crippen LogP contribution in [0.5, 0.6) is 5.75 Å². The summed E-state index contributed by atoms with van der Waals surface area (Å²) in [6.07, 6.45) is 0.0819. The van der Waals surface area contributed by atoms with Crippen molar-refractivity contribution in [1.29, 1.82) is 0 Å². The van der Waals surface area contributed by atoms with Crippen LogP contribution < -0.4 is 15.0 Å². The van der Waals surface area contributed by atoms with E-state index in [1.54, 1.807) is 24.3 Å². The fourth-order valence-corrected chi connectivity index (χ4v) is 2.51. The molecule has 128 valence electrons. The Morgan fingerprint density at radius 3 is 2.64 bits per heavy atom. The number of para-hydroxylation sites is 2. The monoisotopic (exact) mass is 341 g/mol. The van der Waals surface area contributed by atoms with Gasteiger partial charge < -0.3 is 15.0 Å². The second-order valence-electron chi connectivity index (χ2n) is 5.39. The SMILES string of the molecule is O=C1CN(C(=O)CCOc2ccc([N+](=O)[O-])cc2)c2ccccc2N1. The van der Waals surface area contributed by atoms with Gasteiger partial charge in [0.1, 0.15) is 12.3 Å². The molecule has 0 spiro atoms. The van der Waals surface area contributed by atoms with Crippen LogP contribution in [0, 0.1) is 10.1 Å². The van der Waals surface area contributed by atoms with E-state index in [-0.39, 0.29) is 37.1 Å². The second-order valence-corrected chi connectivity index (χ2v) is 5.39. The standard InChI is InChI=1S/C17H15N3O5/c21-16-11-19(15-4-2-1-3-14(15)18-16)17(22)9-10-25-13-7-5-12(6-8-13)20(23)24/h1-8H,9-11H2,(H,18,21). The van der Waals surface area contributed by atoms with E-state index in [0.717, 1.165) is 0 Å². The number of benzene rings is 2. The lowest BCUT2D eigenvalue weighted by atomic mass is 10.2. The van der Waals surface area contributed by atoms with Crippen LogP contribution in [-0.4, -0.2) is 29.9 Å². The highest BCUT2D eigenvalue weighted by molar-refractivity contribution is 6.09. The molecule has 1 aliphatic heterocycles. The molecule has 0 atom stereocenters. The van der Waals surface area contributed by atoms with Gasteiger partial charge in [-0.3, -0.25) is 19.7 Å². The molecule has 0 fully saturated rings. The summed E-state index contributed by atoms with van der Waals surface area (Å²) in [7, 11) is 0. The highest BCUT2D eigenvalue weighted by Crippen LogP contribution is 2.29. The number of nitro benzene ring substituents is 1. The van der Waals surface area contributed by atoms with E-state index in [2.05, 4.69) is 5.32 Å². The lowest BCUT2D eigenvalue weighted by molar-refractivity contribution is -0.384. The molecule has 0 bridgehead atoms. The quantitative estimate of drug-likeness (QED) is 0.664. The summed E-state index contributed by atoms with van der Waals surface area (Å²) in [6, 6.07) is 12.7. The van der Waals surface area contributed by atoms with Crippen LogP contribution in [0.2, 0.25) is 0 Å². The molecule has 1 heterocycles. The molecule has 3 rings (SSSR count). The summed E-state index contributed by atoms with van der Waals surface area (Å²) in [5.74, 6) is -0.0391. The van der Waals surface area contributed by atoms with Gasteiger partial charge in [0.05, 0.1) is 29.3 Å². The van der Waals surface area contributed by atoms with Crippen LogP contribution >= 0.6 is 0 Å². The van der Waals surface area contributed by atoms with Gasteiger partial charge in [-0.2, -0.15) is 0 Å². The van der Waals surface area contributed by atoms with E-state index < -0.39 is 4.92 Å². The largest absolute Gasteiger partial charge is 0.493 e. The first-order valence-electron chi connectivity index (χ1n) is 7.61. The first-order valence-corrected chi connectivity index (χ1v) is 7.61. The van der Waals surface area contributed by atoms with Gasteiger partial charge in [-0.05, 0) is 24.3 Å². The van der Waals surface area contributed by atoms with Crippen molar-refractivity contribution in [2.24, 2.45) is 0 Å².